The van der Waals surface area contributed by atoms with Crippen molar-refractivity contribution in [1.29, 1.82) is 0 Å². The Morgan fingerprint density at radius 2 is 0.898 bits per heavy atom. The Hall–Kier alpha value is -5.48. The Morgan fingerprint density at radius 3 is 1.43 bits per heavy atom. The molecule has 0 amide bonds. The third kappa shape index (κ3) is 5.72. The number of thiophene rings is 2. The largest absolute Gasteiger partial charge is 0.334 e. The summed E-state index contributed by atoms with van der Waals surface area (Å²) in [5.74, 6) is 0.232. The topological polar surface area (TPSA) is 3.24 Å². The van der Waals surface area contributed by atoms with Crippen LogP contribution in [0, 0.1) is 5.92 Å². The van der Waals surface area contributed by atoms with Crippen molar-refractivity contribution in [2.45, 2.75) is 6.04 Å². The van der Waals surface area contributed by atoms with Gasteiger partial charge in [0.2, 0.25) is 0 Å². The number of allylic oxidation sites excluding steroid dienone is 3. The van der Waals surface area contributed by atoms with Crippen molar-refractivity contribution in [2.24, 2.45) is 5.92 Å². The summed E-state index contributed by atoms with van der Waals surface area (Å²) in [5.41, 5.74) is 8.75. The average molecular weight is 664 g/mol. The van der Waals surface area contributed by atoms with E-state index in [0.29, 0.717) is 0 Å². The minimum Gasteiger partial charge on any atom is -0.334 e. The van der Waals surface area contributed by atoms with Gasteiger partial charge in [-0.2, -0.15) is 0 Å². The zero-order valence-electron chi connectivity index (χ0n) is 26.8. The zero-order valence-corrected chi connectivity index (χ0v) is 28.4. The van der Waals surface area contributed by atoms with Crippen LogP contribution in [-0.2, 0) is 0 Å². The second-order valence-electron chi connectivity index (χ2n) is 12.5. The Balaban J connectivity index is 1.10. The molecule has 2 aliphatic carbocycles. The maximum atomic E-state index is 2.53. The van der Waals surface area contributed by atoms with Crippen LogP contribution in [0.15, 0.2) is 182 Å². The molecule has 0 fully saturated rings. The Kier molecular flexibility index (Phi) is 7.78. The number of nitrogens with zero attached hydrogens (tertiary/aromatic N) is 1. The number of benzene rings is 5. The van der Waals surface area contributed by atoms with Crippen LogP contribution in [-0.4, -0.2) is 6.04 Å². The van der Waals surface area contributed by atoms with E-state index in [-0.39, 0.29) is 12.0 Å². The predicted molar refractivity (Wildman–Crippen MR) is 212 cm³/mol. The van der Waals surface area contributed by atoms with Crippen molar-refractivity contribution in [3.8, 4) is 41.8 Å². The third-order valence-corrected chi connectivity index (χ3v) is 11.9. The molecule has 1 nitrogen and oxygen atoms in total. The lowest BCUT2D eigenvalue weighted by Crippen LogP contribution is -2.45. The minimum atomic E-state index is 0.112. The van der Waals surface area contributed by atoms with Crippen LogP contribution >= 0.6 is 22.7 Å². The monoisotopic (exact) mass is 663 g/mol. The highest BCUT2D eigenvalue weighted by molar-refractivity contribution is 7.19. The standard InChI is InChI=1S/C46H33NS2/c1-3-11-32(12-4-1)43-27-29-45(48-43)34-19-23-37(24-20-34)47(42-31-36-15-7-8-16-39(36)40-17-9-10-18-41(40)42)38-25-21-35(22-26-38)46-30-28-44(49-46)33-13-5-2-6-14-33/h1-31,41-42H. The van der Waals surface area contributed by atoms with Crippen LogP contribution in [0.4, 0.5) is 11.4 Å². The molecule has 2 aromatic heterocycles. The number of anilines is 2. The van der Waals surface area contributed by atoms with Crippen molar-refractivity contribution < 1.29 is 0 Å². The number of rotatable bonds is 7. The molecule has 0 radical (unpaired) electrons. The second kappa shape index (κ2) is 12.9. The van der Waals surface area contributed by atoms with Gasteiger partial charge in [0.05, 0.1) is 6.04 Å². The van der Waals surface area contributed by atoms with Crippen LogP contribution in [0.2, 0.25) is 0 Å². The molecule has 0 aliphatic heterocycles. The van der Waals surface area contributed by atoms with Gasteiger partial charge in [0.25, 0.3) is 0 Å². The van der Waals surface area contributed by atoms with E-state index in [0.717, 1.165) is 0 Å². The lowest BCUT2D eigenvalue weighted by atomic mass is 9.81. The molecule has 0 N–H and O–H groups in total. The summed E-state index contributed by atoms with van der Waals surface area (Å²) in [5, 5.41) is 2.62. The van der Waals surface area contributed by atoms with Crippen LogP contribution in [0.25, 0.3) is 53.4 Å². The highest BCUT2D eigenvalue weighted by atomic mass is 32.1. The molecule has 5 aromatic carbocycles. The minimum absolute atomic E-state index is 0.112. The predicted octanol–water partition coefficient (Wildman–Crippen LogP) is 11.4. The lowest BCUT2D eigenvalue weighted by molar-refractivity contribution is 0.701. The van der Waals surface area contributed by atoms with Gasteiger partial charge < -0.3 is 4.90 Å². The smallest absolute Gasteiger partial charge is 0.0634 e. The van der Waals surface area contributed by atoms with Gasteiger partial charge in [-0.3, -0.25) is 0 Å². The van der Waals surface area contributed by atoms with Crippen molar-refractivity contribution in [3.63, 3.8) is 0 Å². The van der Waals surface area contributed by atoms with E-state index in [4.69, 9.17) is 0 Å². The van der Waals surface area contributed by atoms with Crippen LogP contribution < -0.4 is 15.3 Å². The van der Waals surface area contributed by atoms with Crippen molar-refractivity contribution >= 4 is 45.7 Å². The van der Waals surface area contributed by atoms with Gasteiger partial charge in [-0.25, -0.2) is 0 Å². The van der Waals surface area contributed by atoms with Crippen molar-refractivity contribution in [3.05, 3.63) is 192 Å². The summed E-state index contributed by atoms with van der Waals surface area (Å²) >= 11 is 3.69. The van der Waals surface area contributed by atoms with E-state index in [2.05, 4.69) is 193 Å². The molecule has 7 aromatic rings. The van der Waals surface area contributed by atoms with Crippen LogP contribution in [0.3, 0.4) is 0 Å². The Bertz CT molecular complexity index is 2310. The molecule has 0 bridgehead atoms. The number of hydrogen-bond acceptors (Lipinski definition) is 3. The highest BCUT2D eigenvalue weighted by Crippen LogP contribution is 2.41. The fourth-order valence-electron chi connectivity index (χ4n) is 7.12. The zero-order chi connectivity index (χ0) is 32.6. The highest BCUT2D eigenvalue weighted by Gasteiger charge is 2.31. The SMILES string of the molecule is C1=CC2=c3ccccc3=CC(N(c3ccc(-c4ccc(-c5ccccc5)s4)cc3)c3ccc(-c4ccc(-c5ccccc5)s4)cc3)C2C=C1. The fraction of sp³-hybridized carbons (Fsp3) is 0.0435. The van der Waals surface area contributed by atoms with Crippen molar-refractivity contribution in [2.75, 3.05) is 4.90 Å². The maximum absolute atomic E-state index is 2.53. The van der Waals surface area contributed by atoms with Gasteiger partial charge in [0, 0.05) is 36.8 Å². The van der Waals surface area contributed by atoms with Gasteiger partial charge in [0.1, 0.15) is 0 Å². The molecule has 2 aliphatic rings. The summed E-state index contributed by atoms with van der Waals surface area (Å²) < 4.78 is 0. The first kappa shape index (κ1) is 29.6. The molecule has 234 valence electrons. The number of hydrogen-bond donors (Lipinski definition) is 0. The second-order valence-corrected chi connectivity index (χ2v) is 14.7. The molecule has 0 saturated carbocycles. The first-order valence-electron chi connectivity index (χ1n) is 16.8. The quantitative estimate of drug-likeness (QED) is 0.164. The van der Waals surface area contributed by atoms with Crippen molar-refractivity contribution in [1.82, 2.24) is 0 Å². The first-order valence-corrected chi connectivity index (χ1v) is 18.4. The summed E-state index contributed by atoms with van der Waals surface area (Å²) in [7, 11) is 0. The molecule has 9 rings (SSSR count). The van der Waals surface area contributed by atoms with E-state index in [1.807, 2.05) is 22.7 Å². The molecule has 0 spiro atoms. The van der Waals surface area contributed by atoms with Gasteiger partial charge in [-0.05, 0) is 86.8 Å². The van der Waals surface area contributed by atoms with Gasteiger partial charge in [0.15, 0.2) is 0 Å². The number of fused-ring (bicyclic) bond motifs is 2. The van der Waals surface area contributed by atoms with Gasteiger partial charge in [-0.15, -0.1) is 22.7 Å². The van der Waals surface area contributed by atoms with Crippen LogP contribution in [0.1, 0.15) is 0 Å². The normalized spacial score (nSPS) is 16.1. The molecular formula is C46H33NS2. The molecule has 3 heteroatoms. The van der Waals surface area contributed by atoms with E-state index >= 15 is 0 Å². The van der Waals surface area contributed by atoms with E-state index < -0.39 is 0 Å². The third-order valence-electron chi connectivity index (χ3n) is 9.54. The van der Waals surface area contributed by atoms with Gasteiger partial charge in [-0.1, -0.05) is 140 Å². The molecule has 2 heterocycles. The summed E-state index contributed by atoms with van der Waals surface area (Å²) in [6, 6.07) is 57.5. The van der Waals surface area contributed by atoms with E-state index in [1.165, 1.54) is 69.1 Å². The van der Waals surface area contributed by atoms with Crippen LogP contribution in [0.5, 0.6) is 0 Å². The first-order chi connectivity index (χ1) is 24.3. The molecule has 2 atom stereocenters. The summed E-state index contributed by atoms with van der Waals surface area (Å²) in [6.07, 6.45) is 11.5. The molecular weight excluding hydrogens is 631 g/mol. The summed E-state index contributed by atoms with van der Waals surface area (Å²) in [6.45, 7) is 0. The Morgan fingerprint density at radius 1 is 0.429 bits per heavy atom. The molecule has 49 heavy (non-hydrogen) atoms. The Labute approximate surface area is 295 Å². The summed E-state index contributed by atoms with van der Waals surface area (Å²) in [4.78, 5) is 7.67. The fourth-order valence-corrected chi connectivity index (χ4v) is 9.15. The van der Waals surface area contributed by atoms with E-state index in [1.54, 1.807) is 0 Å². The lowest BCUT2D eigenvalue weighted by Gasteiger charge is -2.39. The average Bonchev–Trinajstić information content (AvgIpc) is 3.88. The molecule has 0 saturated heterocycles. The molecule has 2 unspecified atom stereocenters. The van der Waals surface area contributed by atoms with Gasteiger partial charge >= 0.3 is 0 Å². The van der Waals surface area contributed by atoms with E-state index in [9.17, 15) is 0 Å². The maximum Gasteiger partial charge on any atom is 0.0634 e.